The average molecular weight is 215 g/mol. The summed E-state index contributed by atoms with van der Waals surface area (Å²) in [6.07, 6.45) is 3.34. The van der Waals surface area contributed by atoms with E-state index in [1.165, 1.54) is 0 Å². The van der Waals surface area contributed by atoms with Crippen LogP contribution in [0.1, 0.15) is 32.6 Å². The molecule has 1 rings (SSSR count). The van der Waals surface area contributed by atoms with E-state index < -0.39 is 5.97 Å². The second-order valence-corrected chi connectivity index (χ2v) is 4.19. The normalized spacial score (nSPS) is 26.5. The van der Waals surface area contributed by atoms with Crippen molar-refractivity contribution >= 4 is 5.97 Å². The molecule has 1 saturated heterocycles. The zero-order valence-electron chi connectivity index (χ0n) is 9.37. The summed E-state index contributed by atoms with van der Waals surface area (Å²) in [5.74, 6) is -0.247. The molecule has 0 amide bonds. The molecule has 0 unspecified atom stereocenters. The molecule has 15 heavy (non-hydrogen) atoms. The van der Waals surface area contributed by atoms with Crippen molar-refractivity contribution in [2.45, 2.75) is 38.7 Å². The first-order chi connectivity index (χ1) is 7.22. The largest absolute Gasteiger partial charge is 0.481 e. The molecule has 0 spiro atoms. The molecular weight excluding hydrogens is 194 g/mol. The van der Waals surface area contributed by atoms with Crippen molar-refractivity contribution in [1.29, 1.82) is 0 Å². The van der Waals surface area contributed by atoms with E-state index in [0.29, 0.717) is 5.92 Å². The predicted octanol–water partition coefficient (Wildman–Crippen LogP) is 1.26. The molecule has 1 fully saturated rings. The van der Waals surface area contributed by atoms with Crippen molar-refractivity contribution in [2.24, 2.45) is 5.92 Å². The SMILES string of the molecule is CCCO[C@@H]1CNC[C@@H](CCC(=O)O)C1. The fourth-order valence-electron chi connectivity index (χ4n) is 1.95. The Morgan fingerprint density at radius 3 is 3.00 bits per heavy atom. The third-order valence-corrected chi connectivity index (χ3v) is 2.73. The van der Waals surface area contributed by atoms with Crippen LogP contribution >= 0.6 is 0 Å². The molecule has 0 saturated carbocycles. The van der Waals surface area contributed by atoms with Gasteiger partial charge in [0.1, 0.15) is 0 Å². The van der Waals surface area contributed by atoms with Gasteiger partial charge in [-0.15, -0.1) is 0 Å². The molecule has 0 bridgehead atoms. The van der Waals surface area contributed by atoms with Crippen LogP contribution in [0.25, 0.3) is 0 Å². The Kier molecular flexibility index (Phi) is 5.65. The van der Waals surface area contributed by atoms with E-state index in [0.717, 1.165) is 39.0 Å². The molecule has 2 atom stereocenters. The third kappa shape index (κ3) is 5.14. The summed E-state index contributed by atoms with van der Waals surface area (Å²) in [4.78, 5) is 10.4. The van der Waals surface area contributed by atoms with Crippen LogP contribution in [0.2, 0.25) is 0 Å². The Morgan fingerprint density at radius 1 is 1.53 bits per heavy atom. The smallest absolute Gasteiger partial charge is 0.303 e. The number of hydrogen-bond donors (Lipinski definition) is 2. The van der Waals surface area contributed by atoms with Crippen LogP contribution in [0.15, 0.2) is 0 Å². The molecule has 0 aromatic carbocycles. The van der Waals surface area contributed by atoms with Gasteiger partial charge >= 0.3 is 5.97 Å². The van der Waals surface area contributed by atoms with Gasteiger partial charge in [-0.1, -0.05) is 6.92 Å². The minimum atomic E-state index is -0.702. The lowest BCUT2D eigenvalue weighted by molar-refractivity contribution is -0.137. The van der Waals surface area contributed by atoms with Crippen LogP contribution in [-0.4, -0.2) is 36.9 Å². The molecule has 0 aromatic rings. The lowest BCUT2D eigenvalue weighted by Crippen LogP contribution is -2.41. The van der Waals surface area contributed by atoms with Gasteiger partial charge in [-0.3, -0.25) is 4.79 Å². The molecule has 4 heteroatoms. The minimum absolute atomic E-state index is 0.271. The number of nitrogens with one attached hydrogen (secondary N) is 1. The topological polar surface area (TPSA) is 58.6 Å². The number of rotatable bonds is 6. The first-order valence-corrected chi connectivity index (χ1v) is 5.76. The highest BCUT2D eigenvalue weighted by Gasteiger charge is 2.22. The van der Waals surface area contributed by atoms with E-state index in [1.54, 1.807) is 0 Å². The molecule has 4 nitrogen and oxygen atoms in total. The van der Waals surface area contributed by atoms with Crippen molar-refractivity contribution in [3.63, 3.8) is 0 Å². The summed E-state index contributed by atoms with van der Waals surface area (Å²) in [7, 11) is 0. The van der Waals surface area contributed by atoms with Gasteiger partial charge in [-0.05, 0) is 31.7 Å². The number of piperidine rings is 1. The molecule has 1 aliphatic rings. The lowest BCUT2D eigenvalue weighted by atomic mass is 9.93. The molecule has 0 radical (unpaired) electrons. The van der Waals surface area contributed by atoms with Gasteiger partial charge in [0.15, 0.2) is 0 Å². The summed E-state index contributed by atoms with van der Waals surface area (Å²) in [6.45, 7) is 4.74. The van der Waals surface area contributed by atoms with E-state index in [1.807, 2.05) is 0 Å². The Bertz CT molecular complexity index is 196. The second kappa shape index (κ2) is 6.80. The van der Waals surface area contributed by atoms with Crippen LogP contribution in [-0.2, 0) is 9.53 Å². The van der Waals surface area contributed by atoms with Gasteiger partial charge in [0.05, 0.1) is 6.10 Å². The number of carbonyl (C=O) groups is 1. The van der Waals surface area contributed by atoms with Crippen molar-refractivity contribution in [3.8, 4) is 0 Å². The molecule has 1 heterocycles. The first kappa shape index (κ1) is 12.5. The standard InChI is InChI=1S/C11H21NO3/c1-2-5-15-10-6-9(7-12-8-10)3-4-11(13)14/h9-10,12H,2-8H2,1H3,(H,13,14)/t9-,10-/m0/s1. The van der Waals surface area contributed by atoms with E-state index >= 15 is 0 Å². The Morgan fingerprint density at radius 2 is 2.33 bits per heavy atom. The van der Waals surface area contributed by atoms with Gasteiger partial charge in [-0.25, -0.2) is 0 Å². The molecule has 2 N–H and O–H groups in total. The third-order valence-electron chi connectivity index (χ3n) is 2.73. The average Bonchev–Trinajstić information content (AvgIpc) is 2.24. The van der Waals surface area contributed by atoms with Crippen molar-refractivity contribution in [3.05, 3.63) is 0 Å². The van der Waals surface area contributed by atoms with E-state index in [9.17, 15) is 4.79 Å². The van der Waals surface area contributed by atoms with E-state index in [-0.39, 0.29) is 12.5 Å². The molecule has 1 aliphatic heterocycles. The quantitative estimate of drug-likeness (QED) is 0.700. The Labute approximate surface area is 91.0 Å². The number of carboxylic acid groups (broad SMARTS) is 1. The van der Waals surface area contributed by atoms with E-state index in [4.69, 9.17) is 9.84 Å². The molecular formula is C11H21NO3. The van der Waals surface area contributed by atoms with Gasteiger partial charge in [0, 0.05) is 19.6 Å². The van der Waals surface area contributed by atoms with Gasteiger partial charge in [-0.2, -0.15) is 0 Å². The van der Waals surface area contributed by atoms with Crippen molar-refractivity contribution in [1.82, 2.24) is 5.32 Å². The highest BCUT2D eigenvalue weighted by molar-refractivity contribution is 5.66. The Balaban J connectivity index is 2.19. The summed E-state index contributed by atoms with van der Waals surface area (Å²) in [5, 5.41) is 11.9. The number of ether oxygens (including phenoxy) is 1. The van der Waals surface area contributed by atoms with Gasteiger partial charge < -0.3 is 15.2 Å². The molecule has 88 valence electrons. The summed E-state index contributed by atoms with van der Waals surface area (Å²) >= 11 is 0. The highest BCUT2D eigenvalue weighted by Crippen LogP contribution is 2.18. The Hall–Kier alpha value is -0.610. The lowest BCUT2D eigenvalue weighted by Gasteiger charge is -2.29. The maximum Gasteiger partial charge on any atom is 0.303 e. The minimum Gasteiger partial charge on any atom is -0.481 e. The van der Waals surface area contributed by atoms with Gasteiger partial charge in [0.2, 0.25) is 0 Å². The molecule has 0 aromatic heterocycles. The van der Waals surface area contributed by atoms with Crippen LogP contribution < -0.4 is 5.32 Å². The summed E-state index contributed by atoms with van der Waals surface area (Å²) < 4.78 is 5.66. The number of aliphatic carboxylic acids is 1. The fraction of sp³-hybridized carbons (Fsp3) is 0.909. The number of carboxylic acids is 1. The maximum atomic E-state index is 10.4. The monoisotopic (exact) mass is 215 g/mol. The maximum absolute atomic E-state index is 10.4. The van der Waals surface area contributed by atoms with Crippen molar-refractivity contribution in [2.75, 3.05) is 19.7 Å². The van der Waals surface area contributed by atoms with Crippen LogP contribution in [0.3, 0.4) is 0 Å². The van der Waals surface area contributed by atoms with Crippen molar-refractivity contribution < 1.29 is 14.6 Å². The fourth-order valence-corrected chi connectivity index (χ4v) is 1.95. The van der Waals surface area contributed by atoms with Crippen LogP contribution in [0.4, 0.5) is 0 Å². The molecule has 0 aliphatic carbocycles. The van der Waals surface area contributed by atoms with Crippen LogP contribution in [0.5, 0.6) is 0 Å². The second-order valence-electron chi connectivity index (χ2n) is 4.19. The summed E-state index contributed by atoms with van der Waals surface area (Å²) in [5.41, 5.74) is 0. The number of hydrogen-bond acceptors (Lipinski definition) is 3. The first-order valence-electron chi connectivity index (χ1n) is 5.76. The highest BCUT2D eigenvalue weighted by atomic mass is 16.5. The zero-order valence-corrected chi connectivity index (χ0v) is 9.37. The van der Waals surface area contributed by atoms with E-state index in [2.05, 4.69) is 12.2 Å². The zero-order chi connectivity index (χ0) is 11.1. The van der Waals surface area contributed by atoms with Crippen LogP contribution in [0, 0.1) is 5.92 Å². The van der Waals surface area contributed by atoms with Gasteiger partial charge in [0.25, 0.3) is 0 Å². The predicted molar refractivity (Wildman–Crippen MR) is 57.9 cm³/mol. The summed E-state index contributed by atoms with van der Waals surface area (Å²) in [6, 6.07) is 0.